The van der Waals surface area contributed by atoms with Crippen molar-refractivity contribution in [1.29, 1.82) is 0 Å². The number of hydrogen-bond acceptors (Lipinski definition) is 5. The number of likely N-dealkylation sites (tertiary alicyclic amines) is 1. The van der Waals surface area contributed by atoms with E-state index in [4.69, 9.17) is 9.47 Å². The smallest absolute Gasteiger partial charge is 0.123 e. The quantitative estimate of drug-likeness (QED) is 0.652. The third-order valence-corrected chi connectivity index (χ3v) is 6.74. The van der Waals surface area contributed by atoms with E-state index >= 15 is 0 Å². The van der Waals surface area contributed by atoms with E-state index in [2.05, 4.69) is 39.9 Å². The minimum Gasteiger partial charge on any atom is -0.491 e. The van der Waals surface area contributed by atoms with Gasteiger partial charge < -0.3 is 24.2 Å². The van der Waals surface area contributed by atoms with Crippen molar-refractivity contribution in [2.45, 2.75) is 18.4 Å². The lowest BCUT2D eigenvalue weighted by Crippen LogP contribution is -2.49. The molecular weight excluding hydrogens is 381 g/mol. The zero-order valence-corrected chi connectivity index (χ0v) is 17.6. The van der Waals surface area contributed by atoms with Gasteiger partial charge in [-0.1, -0.05) is 12.1 Å². The normalized spacial score (nSPS) is 22.7. The van der Waals surface area contributed by atoms with E-state index in [-0.39, 0.29) is 5.82 Å². The predicted molar refractivity (Wildman–Crippen MR) is 117 cm³/mol. The summed E-state index contributed by atoms with van der Waals surface area (Å²) in [5, 5.41) is 0. The molecule has 3 aliphatic rings. The van der Waals surface area contributed by atoms with Crippen molar-refractivity contribution in [2.75, 3.05) is 69.4 Å². The van der Waals surface area contributed by atoms with Crippen molar-refractivity contribution in [3.63, 3.8) is 0 Å². The standard InChI is InChI=1S/C24H30FN3O2/c1-26-11-12-28-22-9-10-27(17-21(22)20-3-2-4-23(26)24(20)28)13-14-29-15-16-30-19-7-5-18(25)6-8-19/h2-8,21-22H,9-17H2,1H3/t21-,22-/m0/s1. The summed E-state index contributed by atoms with van der Waals surface area (Å²) in [6.45, 7) is 7.18. The molecule has 1 saturated heterocycles. The number of rotatable bonds is 7. The number of anilines is 2. The highest BCUT2D eigenvalue weighted by Gasteiger charge is 2.44. The highest BCUT2D eigenvalue weighted by molar-refractivity contribution is 5.80. The molecule has 30 heavy (non-hydrogen) atoms. The third kappa shape index (κ3) is 3.74. The lowest BCUT2D eigenvalue weighted by molar-refractivity contribution is 0.0709. The zero-order valence-electron chi connectivity index (χ0n) is 17.6. The first-order valence-corrected chi connectivity index (χ1v) is 11.0. The monoisotopic (exact) mass is 411 g/mol. The van der Waals surface area contributed by atoms with Crippen LogP contribution in [-0.4, -0.2) is 70.5 Å². The van der Waals surface area contributed by atoms with Crippen LogP contribution in [-0.2, 0) is 4.74 Å². The molecule has 3 heterocycles. The van der Waals surface area contributed by atoms with E-state index in [9.17, 15) is 4.39 Å². The molecule has 0 N–H and O–H groups in total. The fourth-order valence-corrected chi connectivity index (χ4v) is 5.22. The Morgan fingerprint density at radius 3 is 2.73 bits per heavy atom. The van der Waals surface area contributed by atoms with Gasteiger partial charge in [0, 0.05) is 51.7 Å². The molecule has 0 radical (unpaired) electrons. The van der Waals surface area contributed by atoms with Gasteiger partial charge in [-0.25, -0.2) is 4.39 Å². The second-order valence-corrected chi connectivity index (χ2v) is 8.51. The van der Waals surface area contributed by atoms with Crippen molar-refractivity contribution < 1.29 is 13.9 Å². The molecule has 2 aromatic rings. The van der Waals surface area contributed by atoms with Gasteiger partial charge >= 0.3 is 0 Å². The molecule has 0 bridgehead atoms. The van der Waals surface area contributed by atoms with Crippen LogP contribution in [0.4, 0.5) is 15.8 Å². The Morgan fingerprint density at radius 2 is 1.87 bits per heavy atom. The molecule has 0 spiro atoms. The van der Waals surface area contributed by atoms with E-state index in [1.807, 2.05) is 0 Å². The van der Waals surface area contributed by atoms with Gasteiger partial charge in [-0.15, -0.1) is 0 Å². The number of likely N-dealkylation sites (N-methyl/N-ethyl adjacent to an activating group) is 1. The highest BCUT2D eigenvalue weighted by Crippen LogP contribution is 2.50. The number of fused-ring (bicyclic) bond motifs is 3. The van der Waals surface area contributed by atoms with Crippen LogP contribution in [0.3, 0.4) is 0 Å². The maximum atomic E-state index is 12.9. The summed E-state index contributed by atoms with van der Waals surface area (Å²) < 4.78 is 24.3. The molecule has 5 rings (SSSR count). The van der Waals surface area contributed by atoms with Crippen molar-refractivity contribution in [3.05, 3.63) is 53.8 Å². The minimum atomic E-state index is -0.250. The number of nitrogens with zero attached hydrogens (tertiary/aromatic N) is 3. The van der Waals surface area contributed by atoms with E-state index in [1.54, 1.807) is 12.1 Å². The molecule has 5 nitrogen and oxygen atoms in total. The summed E-state index contributed by atoms with van der Waals surface area (Å²) in [6, 6.07) is 13.6. The second kappa shape index (κ2) is 8.44. The Kier molecular flexibility index (Phi) is 5.52. The number of para-hydroxylation sites is 1. The van der Waals surface area contributed by atoms with Gasteiger partial charge in [-0.05, 0) is 42.3 Å². The average molecular weight is 412 g/mol. The molecule has 2 atom stereocenters. The molecule has 0 aromatic heterocycles. The summed E-state index contributed by atoms with van der Waals surface area (Å²) in [6.07, 6.45) is 1.22. The molecule has 6 heteroatoms. The number of benzene rings is 2. The van der Waals surface area contributed by atoms with Crippen LogP contribution in [0.25, 0.3) is 0 Å². The Balaban J connectivity index is 1.10. The first-order valence-electron chi connectivity index (χ1n) is 11.0. The number of piperidine rings is 1. The van der Waals surface area contributed by atoms with Gasteiger partial charge in [0.15, 0.2) is 0 Å². The molecule has 2 aromatic carbocycles. The third-order valence-electron chi connectivity index (χ3n) is 6.74. The van der Waals surface area contributed by atoms with Crippen molar-refractivity contribution >= 4 is 11.4 Å². The number of hydrogen-bond donors (Lipinski definition) is 0. The Labute approximate surface area is 178 Å². The molecule has 3 aliphatic heterocycles. The SMILES string of the molecule is CN1CCN2c3c(cccc31)[C@@H]1CN(CCOCCOc3ccc(F)cc3)CC[C@@H]12. The van der Waals surface area contributed by atoms with Gasteiger partial charge in [0.2, 0.25) is 0 Å². The molecular formula is C24H30FN3O2. The Hall–Kier alpha value is -2.31. The lowest BCUT2D eigenvalue weighted by atomic mass is 9.89. The van der Waals surface area contributed by atoms with Crippen LogP contribution >= 0.6 is 0 Å². The van der Waals surface area contributed by atoms with Crippen LogP contribution in [0, 0.1) is 5.82 Å². The molecule has 160 valence electrons. The summed E-state index contributed by atoms with van der Waals surface area (Å²) in [7, 11) is 2.21. The maximum Gasteiger partial charge on any atom is 0.123 e. The maximum absolute atomic E-state index is 12.9. The molecule has 0 saturated carbocycles. The number of halogens is 1. The van der Waals surface area contributed by atoms with Crippen molar-refractivity contribution in [2.24, 2.45) is 0 Å². The Morgan fingerprint density at radius 1 is 1.00 bits per heavy atom. The number of ether oxygens (including phenoxy) is 2. The van der Waals surface area contributed by atoms with E-state index in [0.29, 0.717) is 37.5 Å². The van der Waals surface area contributed by atoms with E-state index in [1.165, 1.54) is 35.5 Å². The molecule has 1 fully saturated rings. The lowest BCUT2D eigenvalue weighted by Gasteiger charge is -2.41. The van der Waals surface area contributed by atoms with Gasteiger partial charge in [0.05, 0.1) is 24.6 Å². The fourth-order valence-electron chi connectivity index (χ4n) is 5.22. The van der Waals surface area contributed by atoms with Crippen LogP contribution in [0.15, 0.2) is 42.5 Å². The topological polar surface area (TPSA) is 28.2 Å². The van der Waals surface area contributed by atoms with Crippen LogP contribution in [0.5, 0.6) is 5.75 Å². The highest BCUT2D eigenvalue weighted by atomic mass is 19.1. The zero-order chi connectivity index (χ0) is 20.5. The van der Waals surface area contributed by atoms with Crippen molar-refractivity contribution in [1.82, 2.24) is 4.90 Å². The first kappa shape index (κ1) is 19.6. The van der Waals surface area contributed by atoms with Crippen LogP contribution in [0.1, 0.15) is 17.9 Å². The van der Waals surface area contributed by atoms with Crippen LogP contribution < -0.4 is 14.5 Å². The second-order valence-electron chi connectivity index (χ2n) is 8.51. The predicted octanol–water partition coefficient (Wildman–Crippen LogP) is 3.35. The van der Waals surface area contributed by atoms with Gasteiger partial charge in [-0.2, -0.15) is 0 Å². The summed E-state index contributed by atoms with van der Waals surface area (Å²) in [5.41, 5.74) is 4.41. The van der Waals surface area contributed by atoms with Gasteiger partial charge in [-0.3, -0.25) is 0 Å². The summed E-state index contributed by atoms with van der Waals surface area (Å²) in [4.78, 5) is 7.62. The Bertz CT molecular complexity index is 875. The summed E-state index contributed by atoms with van der Waals surface area (Å²) >= 11 is 0. The minimum absolute atomic E-state index is 0.250. The fraction of sp³-hybridized carbons (Fsp3) is 0.500. The van der Waals surface area contributed by atoms with Crippen molar-refractivity contribution in [3.8, 4) is 5.75 Å². The first-order chi connectivity index (χ1) is 14.7. The van der Waals surface area contributed by atoms with E-state index < -0.39 is 0 Å². The van der Waals surface area contributed by atoms with Gasteiger partial charge in [0.25, 0.3) is 0 Å². The molecule has 0 unspecified atom stereocenters. The molecule has 0 aliphatic carbocycles. The largest absolute Gasteiger partial charge is 0.491 e. The average Bonchev–Trinajstić information content (AvgIpc) is 3.09. The molecule has 0 amide bonds. The van der Waals surface area contributed by atoms with Crippen LogP contribution in [0.2, 0.25) is 0 Å². The van der Waals surface area contributed by atoms with E-state index in [0.717, 1.165) is 32.7 Å². The van der Waals surface area contributed by atoms with Gasteiger partial charge in [0.1, 0.15) is 18.2 Å². The summed E-state index contributed by atoms with van der Waals surface area (Å²) in [5.74, 6) is 1.02.